The highest BCUT2D eigenvalue weighted by Crippen LogP contribution is 2.24. The Hall–Kier alpha value is -2.21. The van der Waals surface area contributed by atoms with Crippen molar-refractivity contribution >= 4 is 5.91 Å². The van der Waals surface area contributed by atoms with Crippen LogP contribution < -0.4 is 5.32 Å². The monoisotopic (exact) mass is 355 g/mol. The highest BCUT2D eigenvalue weighted by atomic mass is 16.2. The number of nitrogens with zero attached hydrogens (tertiary/aromatic N) is 4. The highest BCUT2D eigenvalue weighted by Gasteiger charge is 2.29. The molecule has 1 amide bonds. The summed E-state index contributed by atoms with van der Waals surface area (Å²) >= 11 is 0. The number of pyridine rings is 1. The lowest BCUT2D eigenvalue weighted by Crippen LogP contribution is -2.40. The molecule has 0 aliphatic carbocycles. The fourth-order valence-electron chi connectivity index (χ4n) is 3.91. The summed E-state index contributed by atoms with van der Waals surface area (Å²) in [6.45, 7) is 9.50. The number of amides is 1. The first kappa shape index (κ1) is 18.6. The van der Waals surface area contributed by atoms with Gasteiger partial charge in [-0.05, 0) is 63.4 Å². The lowest BCUT2D eigenvalue weighted by atomic mass is 10.1. The van der Waals surface area contributed by atoms with Crippen molar-refractivity contribution in [2.24, 2.45) is 0 Å². The van der Waals surface area contributed by atoms with Gasteiger partial charge in [-0.1, -0.05) is 13.0 Å². The van der Waals surface area contributed by atoms with Gasteiger partial charge in [0, 0.05) is 24.6 Å². The van der Waals surface area contributed by atoms with Crippen LogP contribution in [0, 0.1) is 13.8 Å². The van der Waals surface area contributed by atoms with Crippen LogP contribution in [-0.2, 0) is 17.8 Å². The van der Waals surface area contributed by atoms with E-state index in [9.17, 15) is 4.79 Å². The van der Waals surface area contributed by atoms with Gasteiger partial charge in [-0.3, -0.25) is 19.4 Å². The van der Waals surface area contributed by atoms with Crippen molar-refractivity contribution in [3.63, 3.8) is 0 Å². The van der Waals surface area contributed by atoms with E-state index in [1.165, 1.54) is 11.3 Å². The summed E-state index contributed by atoms with van der Waals surface area (Å²) < 4.78 is 2.00. The summed E-state index contributed by atoms with van der Waals surface area (Å²) in [5.74, 6) is 0.0529. The SMILES string of the molecule is CCc1c(C)nn(CCNC(=O)[C@@H](c2cccnc2)N2CCCC2)c1C. The van der Waals surface area contributed by atoms with E-state index in [1.54, 1.807) is 12.4 Å². The van der Waals surface area contributed by atoms with Crippen LogP contribution in [0.2, 0.25) is 0 Å². The molecule has 6 heteroatoms. The number of carbonyl (C=O) groups excluding carboxylic acids is 1. The van der Waals surface area contributed by atoms with Crippen LogP contribution in [0.15, 0.2) is 24.5 Å². The third-order valence-corrected chi connectivity index (χ3v) is 5.26. The molecule has 0 unspecified atom stereocenters. The number of rotatable bonds is 7. The molecular formula is C20H29N5O. The van der Waals surface area contributed by atoms with E-state index in [0.717, 1.165) is 43.6 Å². The molecule has 140 valence electrons. The molecule has 26 heavy (non-hydrogen) atoms. The van der Waals surface area contributed by atoms with E-state index < -0.39 is 0 Å². The molecule has 0 radical (unpaired) electrons. The first-order valence-corrected chi connectivity index (χ1v) is 9.56. The fourth-order valence-corrected chi connectivity index (χ4v) is 3.91. The van der Waals surface area contributed by atoms with Crippen LogP contribution in [0.25, 0.3) is 0 Å². The maximum absolute atomic E-state index is 12.9. The molecule has 1 fully saturated rings. The second-order valence-electron chi connectivity index (χ2n) is 6.95. The van der Waals surface area contributed by atoms with Crippen LogP contribution in [0.4, 0.5) is 0 Å². The molecular weight excluding hydrogens is 326 g/mol. The molecule has 2 aromatic heterocycles. The molecule has 1 atom stereocenters. The first-order valence-electron chi connectivity index (χ1n) is 9.56. The minimum absolute atomic E-state index is 0.0529. The van der Waals surface area contributed by atoms with Gasteiger partial charge < -0.3 is 5.32 Å². The molecule has 1 aliphatic rings. The van der Waals surface area contributed by atoms with Gasteiger partial charge in [0.05, 0.1) is 12.2 Å². The fraction of sp³-hybridized carbons (Fsp3) is 0.550. The van der Waals surface area contributed by atoms with Crippen LogP contribution >= 0.6 is 0 Å². The molecule has 6 nitrogen and oxygen atoms in total. The summed E-state index contributed by atoms with van der Waals surface area (Å²) in [6, 6.07) is 3.63. The Morgan fingerprint density at radius 2 is 2.08 bits per heavy atom. The van der Waals surface area contributed by atoms with Crippen molar-refractivity contribution < 1.29 is 4.79 Å². The van der Waals surface area contributed by atoms with E-state index in [4.69, 9.17) is 0 Å². The highest BCUT2D eigenvalue weighted by molar-refractivity contribution is 5.83. The summed E-state index contributed by atoms with van der Waals surface area (Å²) in [4.78, 5) is 19.4. The molecule has 2 aromatic rings. The molecule has 1 aliphatic heterocycles. The van der Waals surface area contributed by atoms with Crippen LogP contribution in [0.3, 0.4) is 0 Å². The number of nitrogens with one attached hydrogen (secondary N) is 1. The smallest absolute Gasteiger partial charge is 0.242 e. The lowest BCUT2D eigenvalue weighted by molar-refractivity contribution is -0.126. The van der Waals surface area contributed by atoms with Gasteiger partial charge in [0.25, 0.3) is 0 Å². The molecule has 1 saturated heterocycles. The maximum atomic E-state index is 12.9. The van der Waals surface area contributed by atoms with Crippen molar-refractivity contribution in [3.05, 3.63) is 47.0 Å². The van der Waals surface area contributed by atoms with Crippen LogP contribution in [0.5, 0.6) is 0 Å². The predicted molar refractivity (Wildman–Crippen MR) is 102 cm³/mol. The summed E-state index contributed by atoms with van der Waals surface area (Å²) in [7, 11) is 0. The lowest BCUT2D eigenvalue weighted by Gasteiger charge is -2.26. The Morgan fingerprint density at radius 3 is 2.69 bits per heavy atom. The Balaban J connectivity index is 1.65. The second-order valence-corrected chi connectivity index (χ2v) is 6.95. The largest absolute Gasteiger partial charge is 0.353 e. The van der Waals surface area contributed by atoms with E-state index in [0.29, 0.717) is 13.1 Å². The standard InChI is InChI=1S/C20H29N5O/c1-4-18-15(2)23-25(16(18)3)13-10-22-20(26)19(24-11-5-6-12-24)17-8-7-9-21-14-17/h7-9,14,19H,4-6,10-13H2,1-3H3,(H,22,26)/t19-/m1/s1. The minimum atomic E-state index is -0.252. The molecule has 0 aromatic carbocycles. The zero-order valence-corrected chi connectivity index (χ0v) is 16.0. The molecule has 3 heterocycles. The minimum Gasteiger partial charge on any atom is -0.353 e. The van der Waals surface area contributed by atoms with E-state index >= 15 is 0 Å². The van der Waals surface area contributed by atoms with Gasteiger partial charge in [-0.15, -0.1) is 0 Å². The Bertz CT molecular complexity index is 734. The number of hydrogen-bond donors (Lipinski definition) is 1. The Labute approximate surface area is 155 Å². The Kier molecular flexibility index (Phi) is 6.04. The number of aromatic nitrogens is 3. The first-order chi connectivity index (χ1) is 12.6. The van der Waals surface area contributed by atoms with E-state index in [2.05, 4.69) is 34.1 Å². The van der Waals surface area contributed by atoms with Gasteiger partial charge in [0.15, 0.2) is 0 Å². The summed E-state index contributed by atoms with van der Waals surface area (Å²) in [6.07, 6.45) is 6.83. The van der Waals surface area contributed by atoms with Crippen molar-refractivity contribution in [2.45, 2.75) is 52.6 Å². The van der Waals surface area contributed by atoms with Crippen molar-refractivity contribution in [1.82, 2.24) is 25.0 Å². The molecule has 0 bridgehead atoms. The quantitative estimate of drug-likeness (QED) is 0.828. The average Bonchev–Trinajstić information content (AvgIpc) is 3.25. The number of hydrogen-bond acceptors (Lipinski definition) is 4. The van der Waals surface area contributed by atoms with Crippen LogP contribution in [0.1, 0.15) is 48.3 Å². The van der Waals surface area contributed by atoms with Gasteiger partial charge in [-0.25, -0.2) is 0 Å². The normalized spacial score (nSPS) is 16.0. The molecule has 0 saturated carbocycles. The average molecular weight is 355 g/mol. The van der Waals surface area contributed by atoms with Gasteiger partial charge >= 0.3 is 0 Å². The topological polar surface area (TPSA) is 63.1 Å². The van der Waals surface area contributed by atoms with Crippen molar-refractivity contribution in [3.8, 4) is 0 Å². The summed E-state index contributed by atoms with van der Waals surface area (Å²) in [5, 5.41) is 7.71. The van der Waals surface area contributed by atoms with Gasteiger partial charge in [-0.2, -0.15) is 5.10 Å². The van der Waals surface area contributed by atoms with Crippen molar-refractivity contribution in [1.29, 1.82) is 0 Å². The zero-order chi connectivity index (χ0) is 18.5. The second kappa shape index (κ2) is 8.45. The predicted octanol–water partition coefficient (Wildman–Crippen LogP) is 2.41. The van der Waals surface area contributed by atoms with Gasteiger partial charge in [0.2, 0.25) is 5.91 Å². The Morgan fingerprint density at radius 1 is 1.31 bits per heavy atom. The van der Waals surface area contributed by atoms with E-state index in [-0.39, 0.29) is 11.9 Å². The van der Waals surface area contributed by atoms with Crippen LogP contribution in [-0.4, -0.2) is 45.2 Å². The molecule has 1 N–H and O–H groups in total. The number of aryl methyl sites for hydroxylation is 1. The third kappa shape index (κ3) is 3.96. The molecule has 0 spiro atoms. The van der Waals surface area contributed by atoms with E-state index in [1.807, 2.05) is 23.7 Å². The molecule has 3 rings (SSSR count). The summed E-state index contributed by atoms with van der Waals surface area (Å²) in [5.41, 5.74) is 4.55. The van der Waals surface area contributed by atoms with Gasteiger partial charge in [0.1, 0.15) is 6.04 Å². The number of carbonyl (C=O) groups is 1. The number of likely N-dealkylation sites (tertiary alicyclic amines) is 1. The third-order valence-electron chi connectivity index (χ3n) is 5.26. The zero-order valence-electron chi connectivity index (χ0n) is 16.0. The maximum Gasteiger partial charge on any atom is 0.242 e. The van der Waals surface area contributed by atoms with Crippen molar-refractivity contribution in [2.75, 3.05) is 19.6 Å².